The molecule has 1 heterocycles. The number of sulfonamides is 1. The largest absolute Gasteiger partial charge is 0.355 e. The van der Waals surface area contributed by atoms with E-state index in [9.17, 15) is 13.2 Å². The SMILES string of the molecule is CC[C@@H]1CCCCN1CCCNC(=O)CN(Cc1ccc(C)cc1)S(C)(=O)=O. The molecular formula is C21H35N3O3S. The molecule has 1 N–H and O–H groups in total. The number of aryl methyl sites for hydroxylation is 1. The second-order valence-corrected chi connectivity index (χ2v) is 9.80. The van der Waals surface area contributed by atoms with Gasteiger partial charge in [-0.15, -0.1) is 0 Å². The van der Waals surface area contributed by atoms with Crippen molar-refractivity contribution in [3.63, 3.8) is 0 Å². The number of benzene rings is 1. The van der Waals surface area contributed by atoms with Crippen molar-refractivity contribution in [3.8, 4) is 0 Å². The normalized spacial score (nSPS) is 18.4. The van der Waals surface area contributed by atoms with E-state index in [1.165, 1.54) is 30.0 Å². The van der Waals surface area contributed by atoms with Gasteiger partial charge in [0.05, 0.1) is 12.8 Å². The zero-order valence-corrected chi connectivity index (χ0v) is 18.3. The molecule has 158 valence electrons. The summed E-state index contributed by atoms with van der Waals surface area (Å²) >= 11 is 0. The smallest absolute Gasteiger partial charge is 0.235 e. The minimum absolute atomic E-state index is 0.145. The van der Waals surface area contributed by atoms with Crippen molar-refractivity contribution < 1.29 is 13.2 Å². The average Bonchev–Trinajstić information content (AvgIpc) is 2.66. The summed E-state index contributed by atoms with van der Waals surface area (Å²) in [6.07, 6.45) is 7.05. The molecule has 1 aliphatic heterocycles. The molecule has 28 heavy (non-hydrogen) atoms. The second-order valence-electron chi connectivity index (χ2n) is 7.81. The van der Waals surface area contributed by atoms with Gasteiger partial charge in [0, 0.05) is 25.7 Å². The third kappa shape index (κ3) is 7.53. The summed E-state index contributed by atoms with van der Waals surface area (Å²) in [5, 5.41) is 2.88. The summed E-state index contributed by atoms with van der Waals surface area (Å²) in [5.41, 5.74) is 1.99. The molecule has 1 aromatic carbocycles. The van der Waals surface area contributed by atoms with E-state index in [-0.39, 0.29) is 19.0 Å². The Balaban J connectivity index is 1.79. The Hall–Kier alpha value is -1.44. The number of carbonyl (C=O) groups excluding carboxylic acids is 1. The van der Waals surface area contributed by atoms with Crippen LogP contribution in [0.2, 0.25) is 0 Å². The number of hydrogen-bond acceptors (Lipinski definition) is 4. The van der Waals surface area contributed by atoms with Crippen LogP contribution in [0.5, 0.6) is 0 Å². The molecule has 0 unspecified atom stereocenters. The maximum atomic E-state index is 12.3. The first-order valence-corrected chi connectivity index (χ1v) is 12.2. The Morgan fingerprint density at radius 3 is 2.61 bits per heavy atom. The number of likely N-dealkylation sites (tertiary alicyclic amines) is 1. The van der Waals surface area contributed by atoms with Crippen LogP contribution < -0.4 is 5.32 Å². The van der Waals surface area contributed by atoms with Gasteiger partial charge >= 0.3 is 0 Å². The third-order valence-corrected chi connectivity index (χ3v) is 6.63. The quantitative estimate of drug-likeness (QED) is 0.603. The van der Waals surface area contributed by atoms with Crippen LogP contribution in [0, 0.1) is 6.92 Å². The third-order valence-electron chi connectivity index (χ3n) is 5.43. The lowest BCUT2D eigenvalue weighted by Gasteiger charge is -2.35. The Labute approximate surface area is 170 Å². The first-order chi connectivity index (χ1) is 13.3. The van der Waals surface area contributed by atoms with Crippen molar-refractivity contribution in [1.29, 1.82) is 0 Å². The predicted octanol–water partition coefficient (Wildman–Crippen LogP) is 2.53. The maximum absolute atomic E-state index is 12.3. The topological polar surface area (TPSA) is 69.7 Å². The molecule has 0 radical (unpaired) electrons. The van der Waals surface area contributed by atoms with Crippen LogP contribution >= 0.6 is 0 Å². The van der Waals surface area contributed by atoms with Crippen molar-refractivity contribution in [2.75, 3.05) is 32.4 Å². The first-order valence-electron chi connectivity index (χ1n) is 10.3. The van der Waals surface area contributed by atoms with Crippen LogP contribution in [0.3, 0.4) is 0 Å². The number of rotatable bonds is 10. The Kier molecular flexibility index (Phi) is 8.92. The number of nitrogens with one attached hydrogen (secondary N) is 1. The van der Waals surface area contributed by atoms with Gasteiger partial charge in [-0.25, -0.2) is 8.42 Å². The van der Waals surface area contributed by atoms with Gasteiger partial charge in [-0.3, -0.25) is 4.79 Å². The molecule has 0 saturated carbocycles. The van der Waals surface area contributed by atoms with Gasteiger partial charge in [-0.2, -0.15) is 4.31 Å². The van der Waals surface area contributed by atoms with Gasteiger partial charge < -0.3 is 10.2 Å². The highest BCUT2D eigenvalue weighted by Gasteiger charge is 2.21. The Bertz CT molecular complexity index is 719. The van der Waals surface area contributed by atoms with Crippen LogP contribution in [0.4, 0.5) is 0 Å². The van der Waals surface area contributed by atoms with Crippen molar-refractivity contribution in [3.05, 3.63) is 35.4 Å². The summed E-state index contributed by atoms with van der Waals surface area (Å²) in [5.74, 6) is -0.247. The van der Waals surface area contributed by atoms with Crippen molar-refractivity contribution in [1.82, 2.24) is 14.5 Å². The summed E-state index contributed by atoms with van der Waals surface area (Å²) in [7, 11) is -3.46. The molecule has 7 heteroatoms. The maximum Gasteiger partial charge on any atom is 0.235 e. The molecule has 6 nitrogen and oxygen atoms in total. The molecule has 0 bridgehead atoms. The summed E-state index contributed by atoms with van der Waals surface area (Å²) in [6.45, 7) is 6.99. The van der Waals surface area contributed by atoms with Crippen molar-refractivity contribution in [2.45, 2.75) is 58.5 Å². The lowest BCUT2D eigenvalue weighted by Crippen LogP contribution is -2.42. The highest BCUT2D eigenvalue weighted by atomic mass is 32.2. The van der Waals surface area contributed by atoms with E-state index in [0.717, 1.165) is 36.9 Å². The number of piperidine rings is 1. The molecule has 1 aromatic rings. The van der Waals surface area contributed by atoms with Crippen molar-refractivity contribution in [2.24, 2.45) is 0 Å². The van der Waals surface area contributed by atoms with Gasteiger partial charge in [0.1, 0.15) is 0 Å². The molecular weight excluding hydrogens is 374 g/mol. The minimum atomic E-state index is -3.46. The first kappa shape index (κ1) is 22.8. The van der Waals surface area contributed by atoms with Gasteiger partial charge in [-0.05, 0) is 44.7 Å². The summed E-state index contributed by atoms with van der Waals surface area (Å²) < 4.78 is 25.4. The molecule has 2 rings (SSSR count). The number of hydrogen-bond donors (Lipinski definition) is 1. The molecule has 0 aliphatic carbocycles. The van der Waals surface area contributed by atoms with Crippen molar-refractivity contribution >= 4 is 15.9 Å². The molecule has 0 spiro atoms. The van der Waals surface area contributed by atoms with Gasteiger partial charge in [0.15, 0.2) is 0 Å². The van der Waals surface area contributed by atoms with Gasteiger partial charge in [0.2, 0.25) is 15.9 Å². The van der Waals surface area contributed by atoms with E-state index in [1.807, 2.05) is 31.2 Å². The second kappa shape index (κ2) is 10.9. The van der Waals surface area contributed by atoms with Crippen LogP contribution in [0.1, 0.15) is 50.2 Å². The summed E-state index contributed by atoms with van der Waals surface area (Å²) in [6, 6.07) is 8.35. The highest BCUT2D eigenvalue weighted by molar-refractivity contribution is 7.88. The van der Waals surface area contributed by atoms with E-state index in [2.05, 4.69) is 17.1 Å². The molecule has 1 atom stereocenters. The van der Waals surface area contributed by atoms with E-state index in [1.54, 1.807) is 0 Å². The zero-order valence-electron chi connectivity index (χ0n) is 17.5. The fourth-order valence-corrected chi connectivity index (χ4v) is 4.47. The number of nitrogens with zero attached hydrogens (tertiary/aromatic N) is 2. The van der Waals surface area contributed by atoms with Crippen LogP contribution in [0.25, 0.3) is 0 Å². The highest BCUT2D eigenvalue weighted by Crippen LogP contribution is 2.19. The molecule has 1 amide bonds. The van der Waals surface area contributed by atoms with E-state index in [0.29, 0.717) is 12.6 Å². The standard InChI is InChI=1S/C21H35N3O3S/c1-4-20-8-5-6-14-23(20)15-7-13-22-21(25)17-24(28(3,26)27)16-19-11-9-18(2)10-12-19/h9-12,20H,4-8,13-17H2,1-3H3,(H,22,25)/t20-/m1/s1. The van der Waals surface area contributed by atoms with E-state index >= 15 is 0 Å². The van der Waals surface area contributed by atoms with Gasteiger partial charge in [0.25, 0.3) is 0 Å². The van der Waals surface area contributed by atoms with Gasteiger partial charge in [-0.1, -0.05) is 43.2 Å². The fourth-order valence-electron chi connectivity index (χ4n) is 3.73. The number of amides is 1. The lowest BCUT2D eigenvalue weighted by molar-refractivity contribution is -0.121. The molecule has 0 aromatic heterocycles. The van der Waals surface area contributed by atoms with Crippen LogP contribution in [-0.2, 0) is 21.4 Å². The van der Waals surface area contributed by atoms with E-state index in [4.69, 9.17) is 0 Å². The monoisotopic (exact) mass is 409 g/mol. The van der Waals surface area contributed by atoms with Crippen LogP contribution in [0.15, 0.2) is 24.3 Å². The number of carbonyl (C=O) groups is 1. The Morgan fingerprint density at radius 2 is 1.96 bits per heavy atom. The lowest BCUT2D eigenvalue weighted by atomic mass is 10.00. The van der Waals surface area contributed by atoms with E-state index < -0.39 is 10.0 Å². The Morgan fingerprint density at radius 1 is 1.25 bits per heavy atom. The predicted molar refractivity (Wildman–Crippen MR) is 114 cm³/mol. The molecule has 1 aliphatic rings. The van der Waals surface area contributed by atoms with Crippen LogP contribution in [-0.4, -0.2) is 62.0 Å². The molecule has 1 saturated heterocycles. The minimum Gasteiger partial charge on any atom is -0.355 e. The average molecular weight is 410 g/mol. The fraction of sp³-hybridized carbons (Fsp3) is 0.667. The summed E-state index contributed by atoms with van der Waals surface area (Å²) in [4.78, 5) is 14.8. The molecule has 1 fully saturated rings. The zero-order chi connectivity index (χ0) is 20.6.